The Hall–Kier alpha value is -0.830. The number of carbonyl (C=O) groups is 1. The number of halogens is 2. The first kappa shape index (κ1) is 16.5. The van der Waals surface area contributed by atoms with Crippen molar-refractivity contribution in [3.63, 3.8) is 0 Å². The second-order valence-electron chi connectivity index (χ2n) is 4.61. The highest BCUT2D eigenvalue weighted by molar-refractivity contribution is 7.99. The van der Waals surface area contributed by atoms with Crippen LogP contribution in [0, 0.1) is 5.82 Å². The first-order valence-electron chi connectivity index (χ1n) is 6.07. The zero-order valence-electron chi connectivity index (χ0n) is 11.0. The van der Waals surface area contributed by atoms with E-state index in [1.807, 2.05) is 0 Å². The van der Waals surface area contributed by atoms with E-state index in [2.05, 4.69) is 0 Å². The number of hydrogen-bond acceptors (Lipinski definition) is 4. The summed E-state index contributed by atoms with van der Waals surface area (Å²) < 4.78 is 40.1. The fourth-order valence-electron chi connectivity index (χ4n) is 2.07. The Morgan fingerprint density at radius 2 is 2.19 bits per heavy atom. The Morgan fingerprint density at radius 1 is 1.52 bits per heavy atom. The van der Waals surface area contributed by atoms with E-state index >= 15 is 0 Å². The molecule has 1 aromatic rings. The van der Waals surface area contributed by atoms with Crippen molar-refractivity contribution in [3.8, 4) is 0 Å². The summed E-state index contributed by atoms with van der Waals surface area (Å²) in [6.07, 6.45) is 0. The predicted molar refractivity (Wildman–Crippen MR) is 79.0 cm³/mol. The van der Waals surface area contributed by atoms with Crippen molar-refractivity contribution in [2.75, 3.05) is 18.1 Å². The van der Waals surface area contributed by atoms with Gasteiger partial charge in [-0.15, -0.1) is 0 Å². The lowest BCUT2D eigenvalue weighted by Crippen LogP contribution is -2.44. The summed E-state index contributed by atoms with van der Waals surface area (Å²) in [5.74, 6) is -1.25. The van der Waals surface area contributed by atoms with E-state index in [1.54, 1.807) is 18.7 Å². The molecule has 1 unspecified atom stereocenters. The van der Waals surface area contributed by atoms with Gasteiger partial charge in [-0.2, -0.15) is 16.1 Å². The number of carboxylic acids is 1. The molecule has 116 valence electrons. The maximum atomic E-state index is 13.7. The molecule has 0 radical (unpaired) electrons. The zero-order valence-corrected chi connectivity index (χ0v) is 13.4. The average Bonchev–Trinajstić information content (AvgIpc) is 2.41. The summed E-state index contributed by atoms with van der Waals surface area (Å²) in [6, 6.07) is 1.43. The van der Waals surface area contributed by atoms with Crippen LogP contribution in [-0.4, -0.2) is 47.9 Å². The molecule has 0 aliphatic carbocycles. The van der Waals surface area contributed by atoms with Crippen LogP contribution in [0.15, 0.2) is 17.0 Å². The molecular formula is C12H13ClFNO4S2. The van der Waals surface area contributed by atoms with Crippen LogP contribution in [0.4, 0.5) is 4.39 Å². The van der Waals surface area contributed by atoms with Crippen LogP contribution in [0.2, 0.25) is 5.02 Å². The van der Waals surface area contributed by atoms with Crippen molar-refractivity contribution < 1.29 is 22.7 Å². The number of nitrogens with zero attached hydrogens (tertiary/aromatic N) is 1. The van der Waals surface area contributed by atoms with Crippen molar-refractivity contribution >= 4 is 39.4 Å². The number of rotatable bonds is 3. The van der Waals surface area contributed by atoms with Gasteiger partial charge in [-0.1, -0.05) is 11.6 Å². The summed E-state index contributed by atoms with van der Waals surface area (Å²) in [6.45, 7) is 2.06. The molecule has 9 heteroatoms. The average molecular weight is 354 g/mol. The standard InChI is InChI=1S/C12H13ClFNO4S2/c1-7-6-20-3-2-15(7)21(18,19)8-4-9(12(16)17)11(13)10(14)5-8/h4-5,7H,2-3,6H2,1H3,(H,16,17). The molecule has 0 amide bonds. The van der Waals surface area contributed by atoms with Gasteiger partial charge >= 0.3 is 5.97 Å². The van der Waals surface area contributed by atoms with Gasteiger partial charge < -0.3 is 5.11 Å². The first-order chi connectivity index (χ1) is 9.75. The molecule has 1 atom stereocenters. The smallest absolute Gasteiger partial charge is 0.337 e. The van der Waals surface area contributed by atoms with E-state index in [-0.39, 0.29) is 10.9 Å². The van der Waals surface area contributed by atoms with Crippen LogP contribution < -0.4 is 0 Å². The minimum absolute atomic E-state index is 0.235. The van der Waals surface area contributed by atoms with Gasteiger partial charge in [0.1, 0.15) is 5.82 Å². The third-order valence-corrected chi connectivity index (χ3v) is 6.71. The third-order valence-electron chi connectivity index (χ3n) is 3.15. The second-order valence-corrected chi connectivity index (χ2v) is 8.03. The number of carboxylic acid groups (broad SMARTS) is 1. The highest BCUT2D eigenvalue weighted by Crippen LogP contribution is 2.29. The van der Waals surface area contributed by atoms with E-state index in [0.29, 0.717) is 18.1 Å². The van der Waals surface area contributed by atoms with Gasteiger partial charge in [0.2, 0.25) is 10.0 Å². The second kappa shape index (κ2) is 6.12. The summed E-state index contributed by atoms with van der Waals surface area (Å²) in [4.78, 5) is 10.6. The Balaban J connectivity index is 2.52. The molecule has 21 heavy (non-hydrogen) atoms. The normalized spacial score (nSPS) is 20.4. The van der Waals surface area contributed by atoms with Crippen LogP contribution in [0.5, 0.6) is 0 Å². The Morgan fingerprint density at radius 3 is 2.76 bits per heavy atom. The molecule has 1 fully saturated rings. The van der Waals surface area contributed by atoms with Gasteiger partial charge in [0.25, 0.3) is 0 Å². The maximum Gasteiger partial charge on any atom is 0.337 e. The summed E-state index contributed by atoms with van der Waals surface area (Å²) in [5.41, 5.74) is -0.561. The fraction of sp³-hybridized carbons (Fsp3) is 0.417. The molecule has 0 bridgehead atoms. The van der Waals surface area contributed by atoms with Crippen molar-refractivity contribution in [2.45, 2.75) is 17.9 Å². The van der Waals surface area contributed by atoms with Crippen LogP contribution in [-0.2, 0) is 10.0 Å². The quantitative estimate of drug-likeness (QED) is 0.902. The lowest BCUT2D eigenvalue weighted by atomic mass is 10.2. The Kier molecular flexibility index (Phi) is 4.82. The molecule has 0 saturated carbocycles. The number of sulfonamides is 1. The largest absolute Gasteiger partial charge is 0.478 e. The van der Waals surface area contributed by atoms with E-state index in [4.69, 9.17) is 16.7 Å². The van der Waals surface area contributed by atoms with Crippen molar-refractivity contribution in [1.82, 2.24) is 4.31 Å². The Bertz CT molecular complexity index is 680. The van der Waals surface area contributed by atoms with Crippen LogP contribution in [0.25, 0.3) is 0 Å². The molecule has 1 aromatic carbocycles. The van der Waals surface area contributed by atoms with E-state index < -0.39 is 32.4 Å². The van der Waals surface area contributed by atoms with Gasteiger partial charge in [-0.25, -0.2) is 17.6 Å². The number of thioether (sulfide) groups is 1. The van der Waals surface area contributed by atoms with Crippen LogP contribution in [0.3, 0.4) is 0 Å². The summed E-state index contributed by atoms with van der Waals surface area (Å²) in [5, 5.41) is 8.39. The van der Waals surface area contributed by atoms with Gasteiger partial charge in [-0.05, 0) is 19.1 Å². The number of aromatic carboxylic acids is 1. The molecule has 1 N–H and O–H groups in total. The highest BCUT2D eigenvalue weighted by Gasteiger charge is 2.32. The van der Waals surface area contributed by atoms with E-state index in [1.165, 1.54) is 4.31 Å². The van der Waals surface area contributed by atoms with Crippen molar-refractivity contribution in [3.05, 3.63) is 28.5 Å². The monoisotopic (exact) mass is 353 g/mol. The Labute approximate surface area is 131 Å². The van der Waals surface area contributed by atoms with Crippen LogP contribution in [0.1, 0.15) is 17.3 Å². The van der Waals surface area contributed by atoms with Gasteiger partial charge in [0.05, 0.1) is 15.5 Å². The molecule has 2 rings (SSSR count). The first-order valence-corrected chi connectivity index (χ1v) is 9.04. The predicted octanol–water partition coefficient (Wildman–Crippen LogP) is 2.30. The van der Waals surface area contributed by atoms with E-state index in [0.717, 1.165) is 12.1 Å². The lowest BCUT2D eigenvalue weighted by Gasteiger charge is -2.32. The molecule has 1 aliphatic heterocycles. The highest BCUT2D eigenvalue weighted by atomic mass is 35.5. The van der Waals surface area contributed by atoms with Gasteiger partial charge in [-0.3, -0.25) is 0 Å². The minimum atomic E-state index is -3.95. The van der Waals surface area contributed by atoms with Crippen molar-refractivity contribution in [2.24, 2.45) is 0 Å². The summed E-state index contributed by atoms with van der Waals surface area (Å²) >= 11 is 7.19. The van der Waals surface area contributed by atoms with Crippen molar-refractivity contribution in [1.29, 1.82) is 0 Å². The minimum Gasteiger partial charge on any atom is -0.478 e. The number of benzene rings is 1. The fourth-order valence-corrected chi connectivity index (χ4v) is 5.16. The maximum absolute atomic E-state index is 13.7. The molecular weight excluding hydrogens is 341 g/mol. The summed E-state index contributed by atoms with van der Waals surface area (Å²) in [7, 11) is -3.95. The van der Waals surface area contributed by atoms with Gasteiger partial charge in [0, 0.05) is 24.1 Å². The van der Waals surface area contributed by atoms with Crippen LogP contribution >= 0.6 is 23.4 Å². The molecule has 0 aromatic heterocycles. The van der Waals surface area contributed by atoms with Gasteiger partial charge in [0.15, 0.2) is 0 Å². The van der Waals surface area contributed by atoms with E-state index in [9.17, 15) is 17.6 Å². The molecule has 0 spiro atoms. The molecule has 1 aliphatic rings. The SMILES string of the molecule is CC1CSCCN1S(=O)(=O)c1cc(F)c(Cl)c(C(=O)O)c1. The topological polar surface area (TPSA) is 74.7 Å². The molecule has 1 heterocycles. The number of hydrogen-bond donors (Lipinski definition) is 1. The molecule has 5 nitrogen and oxygen atoms in total. The lowest BCUT2D eigenvalue weighted by molar-refractivity contribution is 0.0696. The third kappa shape index (κ3) is 3.18. The zero-order chi connectivity index (χ0) is 15.8. The molecule has 1 saturated heterocycles.